The lowest BCUT2D eigenvalue weighted by Crippen LogP contribution is -2.50. The standard InChI is InChI=1S/C21H30N6O4/c1-13-4-7-16-18(25-26(19(16)24-13)10-3-8-23-21(29)30)14(2)27(15-5-6-15)20(28)17-12-22-9-11-31-17/h4,7,14-15,17,22-23H,3,5-6,8-12H2,1-2H3,(H,29,30)/t14?,17-/m1/s1. The van der Waals surface area contributed by atoms with Gasteiger partial charge in [0.2, 0.25) is 0 Å². The number of pyridine rings is 1. The highest BCUT2D eigenvalue weighted by atomic mass is 16.5. The maximum atomic E-state index is 13.3. The van der Waals surface area contributed by atoms with Crippen LogP contribution in [0.1, 0.15) is 43.6 Å². The smallest absolute Gasteiger partial charge is 0.404 e. The largest absolute Gasteiger partial charge is 0.465 e. The lowest BCUT2D eigenvalue weighted by atomic mass is 10.1. The summed E-state index contributed by atoms with van der Waals surface area (Å²) in [5, 5.41) is 20.1. The van der Waals surface area contributed by atoms with E-state index >= 15 is 0 Å². The fourth-order valence-corrected chi connectivity index (χ4v) is 4.12. The molecule has 0 aromatic carbocycles. The molecule has 2 aromatic rings. The Morgan fingerprint density at radius 2 is 2.23 bits per heavy atom. The number of ether oxygens (including phenoxy) is 1. The zero-order chi connectivity index (χ0) is 22.0. The number of aryl methyl sites for hydroxylation is 2. The molecule has 1 saturated carbocycles. The van der Waals surface area contributed by atoms with Crippen LogP contribution in [0.4, 0.5) is 4.79 Å². The van der Waals surface area contributed by atoms with Crippen LogP contribution >= 0.6 is 0 Å². The number of nitrogens with one attached hydrogen (secondary N) is 2. The van der Waals surface area contributed by atoms with Gasteiger partial charge in [0.15, 0.2) is 5.65 Å². The van der Waals surface area contributed by atoms with Gasteiger partial charge in [-0.2, -0.15) is 5.10 Å². The summed E-state index contributed by atoms with van der Waals surface area (Å²) in [7, 11) is 0. The Balaban J connectivity index is 1.60. The van der Waals surface area contributed by atoms with Crippen LogP contribution < -0.4 is 10.6 Å². The van der Waals surface area contributed by atoms with Gasteiger partial charge in [-0.3, -0.25) is 4.79 Å². The van der Waals surface area contributed by atoms with E-state index in [-0.39, 0.29) is 18.0 Å². The Morgan fingerprint density at radius 3 is 2.90 bits per heavy atom. The lowest BCUT2D eigenvalue weighted by molar-refractivity contribution is -0.148. The highest BCUT2D eigenvalue weighted by Crippen LogP contribution is 2.37. The maximum absolute atomic E-state index is 13.3. The topological polar surface area (TPSA) is 122 Å². The monoisotopic (exact) mass is 430 g/mol. The van der Waals surface area contributed by atoms with E-state index in [0.29, 0.717) is 32.7 Å². The van der Waals surface area contributed by atoms with Crippen LogP contribution in [0.3, 0.4) is 0 Å². The van der Waals surface area contributed by atoms with Crippen molar-refractivity contribution in [2.75, 3.05) is 26.2 Å². The van der Waals surface area contributed by atoms with E-state index in [9.17, 15) is 9.59 Å². The number of nitrogens with zero attached hydrogens (tertiary/aromatic N) is 4. The number of carbonyl (C=O) groups excluding carboxylic acids is 1. The first-order valence-corrected chi connectivity index (χ1v) is 10.9. The van der Waals surface area contributed by atoms with Crippen molar-refractivity contribution in [1.29, 1.82) is 0 Å². The van der Waals surface area contributed by atoms with E-state index in [1.165, 1.54) is 0 Å². The fraction of sp³-hybridized carbons (Fsp3) is 0.619. The van der Waals surface area contributed by atoms with Crippen LogP contribution in [0, 0.1) is 6.92 Å². The molecule has 3 heterocycles. The molecule has 3 N–H and O–H groups in total. The first-order valence-electron chi connectivity index (χ1n) is 10.9. The third kappa shape index (κ3) is 4.80. The third-order valence-electron chi connectivity index (χ3n) is 5.80. The Bertz CT molecular complexity index is 951. The Kier molecular flexibility index (Phi) is 6.38. The van der Waals surface area contributed by atoms with Crippen LogP contribution in [-0.4, -0.2) is 75.2 Å². The number of carbonyl (C=O) groups is 2. The predicted molar refractivity (Wildman–Crippen MR) is 114 cm³/mol. The lowest BCUT2D eigenvalue weighted by Gasteiger charge is -2.33. The van der Waals surface area contributed by atoms with Gasteiger partial charge in [-0.1, -0.05) is 0 Å². The molecule has 0 radical (unpaired) electrons. The minimum atomic E-state index is -1.04. The molecule has 1 aliphatic heterocycles. The molecule has 31 heavy (non-hydrogen) atoms. The summed E-state index contributed by atoms with van der Waals surface area (Å²) in [5.41, 5.74) is 2.46. The normalized spacial score (nSPS) is 19.9. The van der Waals surface area contributed by atoms with Crippen LogP contribution in [0.2, 0.25) is 0 Å². The predicted octanol–water partition coefficient (Wildman–Crippen LogP) is 1.44. The van der Waals surface area contributed by atoms with Crippen molar-refractivity contribution >= 4 is 23.0 Å². The molecular formula is C21H30N6O4. The second-order valence-electron chi connectivity index (χ2n) is 8.23. The highest BCUT2D eigenvalue weighted by molar-refractivity contribution is 5.84. The van der Waals surface area contributed by atoms with E-state index in [1.807, 2.05) is 35.6 Å². The maximum Gasteiger partial charge on any atom is 0.404 e. The number of hydrogen-bond acceptors (Lipinski definition) is 6. The van der Waals surface area contributed by atoms with Crippen molar-refractivity contribution in [3.05, 3.63) is 23.5 Å². The molecule has 1 unspecified atom stereocenters. The van der Waals surface area contributed by atoms with Crippen molar-refractivity contribution in [3.8, 4) is 0 Å². The van der Waals surface area contributed by atoms with E-state index in [0.717, 1.165) is 41.8 Å². The first-order chi connectivity index (χ1) is 15.0. The van der Waals surface area contributed by atoms with Gasteiger partial charge < -0.3 is 25.4 Å². The number of carboxylic acid groups (broad SMARTS) is 1. The van der Waals surface area contributed by atoms with Crippen LogP contribution in [0.5, 0.6) is 0 Å². The number of morpholine rings is 1. The fourth-order valence-electron chi connectivity index (χ4n) is 4.12. The zero-order valence-corrected chi connectivity index (χ0v) is 18.0. The molecule has 1 saturated heterocycles. The number of hydrogen-bond donors (Lipinski definition) is 3. The summed E-state index contributed by atoms with van der Waals surface area (Å²) in [6, 6.07) is 3.97. The highest BCUT2D eigenvalue weighted by Gasteiger charge is 2.41. The Morgan fingerprint density at radius 1 is 1.42 bits per heavy atom. The molecule has 4 rings (SSSR count). The molecule has 0 spiro atoms. The van der Waals surface area contributed by atoms with Crippen molar-refractivity contribution < 1.29 is 19.4 Å². The third-order valence-corrected chi connectivity index (χ3v) is 5.80. The van der Waals surface area contributed by atoms with Gasteiger partial charge in [0, 0.05) is 43.3 Å². The Labute approximate surface area is 180 Å². The molecule has 2 fully saturated rings. The summed E-state index contributed by atoms with van der Waals surface area (Å²) in [4.78, 5) is 30.6. The zero-order valence-electron chi connectivity index (χ0n) is 18.0. The summed E-state index contributed by atoms with van der Waals surface area (Å²) >= 11 is 0. The molecule has 10 nitrogen and oxygen atoms in total. The SMILES string of the molecule is Cc1ccc2c(C(C)N(C(=O)[C@H]3CNCCO3)C3CC3)nn(CCCNC(=O)O)c2n1. The minimum absolute atomic E-state index is 0.00984. The molecule has 0 bridgehead atoms. The van der Waals surface area contributed by atoms with Crippen molar-refractivity contribution in [1.82, 2.24) is 30.3 Å². The second-order valence-corrected chi connectivity index (χ2v) is 8.23. The van der Waals surface area contributed by atoms with E-state index in [2.05, 4.69) is 15.6 Å². The van der Waals surface area contributed by atoms with Gasteiger partial charge in [0.25, 0.3) is 5.91 Å². The van der Waals surface area contributed by atoms with Crippen molar-refractivity contribution in [2.24, 2.45) is 0 Å². The number of rotatable bonds is 8. The van der Waals surface area contributed by atoms with E-state index in [1.54, 1.807) is 0 Å². The summed E-state index contributed by atoms with van der Waals surface area (Å²) in [5.74, 6) is 0.00984. The van der Waals surface area contributed by atoms with Gasteiger partial charge in [-0.25, -0.2) is 14.5 Å². The quantitative estimate of drug-likeness (QED) is 0.542. The van der Waals surface area contributed by atoms with Crippen LogP contribution in [0.15, 0.2) is 12.1 Å². The first kappa shape index (κ1) is 21.5. The van der Waals surface area contributed by atoms with Crippen LogP contribution in [0.25, 0.3) is 11.0 Å². The molecule has 2 amide bonds. The molecule has 168 valence electrons. The van der Waals surface area contributed by atoms with Gasteiger partial charge in [-0.15, -0.1) is 0 Å². The van der Waals surface area contributed by atoms with Crippen molar-refractivity contribution in [2.45, 2.75) is 57.8 Å². The molecule has 2 aromatic heterocycles. The summed E-state index contributed by atoms with van der Waals surface area (Å²) in [6.07, 6.45) is 1.08. The van der Waals surface area contributed by atoms with Gasteiger partial charge >= 0.3 is 6.09 Å². The molecule has 10 heteroatoms. The van der Waals surface area contributed by atoms with Crippen LogP contribution in [-0.2, 0) is 16.1 Å². The average Bonchev–Trinajstić information content (AvgIpc) is 3.53. The van der Waals surface area contributed by atoms with Crippen molar-refractivity contribution in [3.63, 3.8) is 0 Å². The molecular weight excluding hydrogens is 400 g/mol. The average molecular weight is 431 g/mol. The number of amides is 2. The second kappa shape index (κ2) is 9.19. The van der Waals surface area contributed by atoms with E-state index < -0.39 is 12.2 Å². The summed E-state index contributed by atoms with van der Waals surface area (Å²) in [6.45, 7) is 6.65. The van der Waals surface area contributed by atoms with Gasteiger partial charge in [0.05, 0.1) is 18.3 Å². The van der Waals surface area contributed by atoms with E-state index in [4.69, 9.17) is 14.9 Å². The summed E-state index contributed by atoms with van der Waals surface area (Å²) < 4.78 is 7.56. The van der Waals surface area contributed by atoms with Gasteiger partial charge in [0.1, 0.15) is 6.10 Å². The number of aromatic nitrogens is 3. The number of fused-ring (bicyclic) bond motifs is 1. The minimum Gasteiger partial charge on any atom is -0.465 e. The molecule has 2 aliphatic rings. The van der Waals surface area contributed by atoms with Gasteiger partial charge in [-0.05, 0) is 45.2 Å². The molecule has 1 aliphatic carbocycles. The Hall–Kier alpha value is -2.72. The molecule has 2 atom stereocenters.